The van der Waals surface area contributed by atoms with Crippen LogP contribution < -0.4 is 5.32 Å². The molecule has 1 amide bonds. The van der Waals surface area contributed by atoms with Crippen molar-refractivity contribution in [1.82, 2.24) is 5.32 Å². The summed E-state index contributed by atoms with van der Waals surface area (Å²) in [5.41, 5.74) is 0.676. The molecule has 0 aromatic heterocycles. The first-order valence-electron chi connectivity index (χ1n) is 5.60. The maximum absolute atomic E-state index is 11.9. The molecular formula is C13H17BrClNO. The summed E-state index contributed by atoms with van der Waals surface area (Å²) >= 11 is 9.25. The van der Waals surface area contributed by atoms with Gasteiger partial charge in [0.15, 0.2) is 0 Å². The quantitative estimate of drug-likeness (QED) is 0.827. The van der Waals surface area contributed by atoms with E-state index in [1.54, 1.807) is 0 Å². The number of rotatable bonds is 5. The fourth-order valence-corrected chi connectivity index (χ4v) is 2.13. The Morgan fingerprint density at radius 2 is 2.24 bits per heavy atom. The van der Waals surface area contributed by atoms with Crippen molar-refractivity contribution in [2.24, 2.45) is 0 Å². The lowest BCUT2D eigenvalue weighted by atomic mass is 10.0. The largest absolute Gasteiger partial charge is 0.349 e. The highest BCUT2D eigenvalue weighted by atomic mass is 79.9. The van der Waals surface area contributed by atoms with E-state index in [9.17, 15) is 4.79 Å². The van der Waals surface area contributed by atoms with Gasteiger partial charge in [-0.15, -0.1) is 11.6 Å². The third-order valence-electron chi connectivity index (χ3n) is 2.77. The van der Waals surface area contributed by atoms with Crippen LogP contribution >= 0.6 is 27.5 Å². The van der Waals surface area contributed by atoms with E-state index in [1.165, 1.54) is 0 Å². The predicted molar refractivity (Wildman–Crippen MR) is 75.4 cm³/mol. The molecule has 1 aromatic carbocycles. The van der Waals surface area contributed by atoms with Crippen LogP contribution in [-0.2, 0) is 11.2 Å². The number of alkyl halides is 1. The van der Waals surface area contributed by atoms with E-state index in [1.807, 2.05) is 38.1 Å². The van der Waals surface area contributed by atoms with E-state index < -0.39 is 0 Å². The minimum absolute atomic E-state index is 0.00750. The number of hydrogen-bond acceptors (Lipinski definition) is 1. The second-order valence-electron chi connectivity index (χ2n) is 4.40. The maximum atomic E-state index is 11.9. The molecule has 0 spiro atoms. The lowest BCUT2D eigenvalue weighted by Crippen LogP contribution is -2.47. The Morgan fingerprint density at radius 1 is 1.53 bits per heavy atom. The van der Waals surface area contributed by atoms with E-state index >= 15 is 0 Å². The zero-order valence-electron chi connectivity index (χ0n) is 10.1. The maximum Gasteiger partial charge on any atom is 0.224 e. The zero-order chi connectivity index (χ0) is 12.9. The number of nitrogens with one attached hydrogen (secondary N) is 1. The molecule has 4 heteroatoms. The van der Waals surface area contributed by atoms with Crippen molar-refractivity contribution in [3.8, 4) is 0 Å². The molecule has 0 bridgehead atoms. The highest BCUT2D eigenvalue weighted by Gasteiger charge is 2.22. The van der Waals surface area contributed by atoms with Crippen LogP contribution in [0.3, 0.4) is 0 Å². The van der Waals surface area contributed by atoms with Crippen LogP contribution in [-0.4, -0.2) is 17.3 Å². The summed E-state index contributed by atoms with van der Waals surface area (Å²) in [6, 6.07) is 7.75. The van der Waals surface area contributed by atoms with Gasteiger partial charge in [-0.2, -0.15) is 0 Å². The fraction of sp³-hybridized carbons (Fsp3) is 0.462. The number of amides is 1. The van der Waals surface area contributed by atoms with Crippen molar-refractivity contribution in [2.75, 3.05) is 5.88 Å². The first-order valence-corrected chi connectivity index (χ1v) is 6.93. The lowest BCUT2D eigenvalue weighted by molar-refractivity contribution is -0.122. The Balaban J connectivity index is 2.61. The molecule has 17 heavy (non-hydrogen) atoms. The van der Waals surface area contributed by atoms with Crippen molar-refractivity contribution in [1.29, 1.82) is 0 Å². The zero-order valence-corrected chi connectivity index (χ0v) is 12.4. The third kappa shape index (κ3) is 4.68. The van der Waals surface area contributed by atoms with Gasteiger partial charge in [0.1, 0.15) is 0 Å². The monoisotopic (exact) mass is 317 g/mol. The van der Waals surface area contributed by atoms with Crippen molar-refractivity contribution >= 4 is 33.4 Å². The standard InChI is InChI=1S/C13H17BrClNO/c1-3-13(2,9-15)16-12(17)8-10-5-4-6-11(14)7-10/h4-7H,3,8-9H2,1-2H3,(H,16,17). The second kappa shape index (κ2) is 6.41. The fourth-order valence-electron chi connectivity index (χ4n) is 1.43. The smallest absolute Gasteiger partial charge is 0.224 e. The van der Waals surface area contributed by atoms with Crippen molar-refractivity contribution in [2.45, 2.75) is 32.2 Å². The Bertz CT molecular complexity index is 391. The second-order valence-corrected chi connectivity index (χ2v) is 5.59. The molecule has 1 atom stereocenters. The summed E-state index contributed by atoms with van der Waals surface area (Å²) in [5.74, 6) is 0.432. The van der Waals surface area contributed by atoms with Crippen molar-refractivity contribution in [3.05, 3.63) is 34.3 Å². The van der Waals surface area contributed by atoms with E-state index in [4.69, 9.17) is 11.6 Å². The van der Waals surface area contributed by atoms with Crippen LogP contribution in [0.5, 0.6) is 0 Å². The highest BCUT2D eigenvalue weighted by Crippen LogP contribution is 2.14. The van der Waals surface area contributed by atoms with Gasteiger partial charge in [-0.05, 0) is 31.0 Å². The molecule has 1 unspecified atom stereocenters. The third-order valence-corrected chi connectivity index (χ3v) is 3.85. The van der Waals surface area contributed by atoms with Crippen LogP contribution in [0.2, 0.25) is 0 Å². The van der Waals surface area contributed by atoms with Crippen LogP contribution in [0.1, 0.15) is 25.8 Å². The van der Waals surface area contributed by atoms with Gasteiger partial charge in [0.25, 0.3) is 0 Å². The molecule has 2 nitrogen and oxygen atoms in total. The molecule has 0 saturated heterocycles. The van der Waals surface area contributed by atoms with Crippen LogP contribution in [0.4, 0.5) is 0 Å². The number of hydrogen-bond donors (Lipinski definition) is 1. The Morgan fingerprint density at radius 3 is 2.76 bits per heavy atom. The minimum Gasteiger partial charge on any atom is -0.349 e. The summed E-state index contributed by atoms with van der Waals surface area (Å²) in [6.07, 6.45) is 1.20. The summed E-state index contributed by atoms with van der Waals surface area (Å²) in [6.45, 7) is 3.97. The lowest BCUT2D eigenvalue weighted by Gasteiger charge is -2.27. The van der Waals surface area contributed by atoms with E-state index in [2.05, 4.69) is 21.2 Å². The Hall–Kier alpha value is -0.540. The molecule has 0 aliphatic heterocycles. The SMILES string of the molecule is CCC(C)(CCl)NC(=O)Cc1cccc(Br)c1. The first kappa shape index (κ1) is 14.5. The van der Waals surface area contributed by atoms with Crippen molar-refractivity contribution < 1.29 is 4.79 Å². The van der Waals surface area contributed by atoms with E-state index in [0.717, 1.165) is 16.5 Å². The normalized spacial score (nSPS) is 14.1. The molecule has 1 aromatic rings. The van der Waals surface area contributed by atoms with Gasteiger partial charge in [-0.3, -0.25) is 4.79 Å². The molecule has 0 heterocycles. The number of carbonyl (C=O) groups excluding carboxylic acids is 1. The topological polar surface area (TPSA) is 29.1 Å². The number of benzene rings is 1. The van der Waals surface area contributed by atoms with Gasteiger partial charge in [-0.1, -0.05) is 35.0 Å². The minimum atomic E-state index is -0.315. The Kier molecular flexibility index (Phi) is 5.47. The van der Waals surface area contributed by atoms with Gasteiger partial charge in [-0.25, -0.2) is 0 Å². The van der Waals surface area contributed by atoms with Crippen LogP contribution in [0.25, 0.3) is 0 Å². The van der Waals surface area contributed by atoms with Gasteiger partial charge in [0.05, 0.1) is 12.0 Å². The van der Waals surface area contributed by atoms with Gasteiger partial charge >= 0.3 is 0 Å². The average Bonchev–Trinajstić information content (AvgIpc) is 2.28. The number of halogens is 2. The molecule has 0 aliphatic rings. The molecule has 94 valence electrons. The molecule has 0 fully saturated rings. The van der Waals surface area contributed by atoms with Crippen LogP contribution in [0.15, 0.2) is 28.7 Å². The number of carbonyl (C=O) groups is 1. The molecule has 1 rings (SSSR count). The molecule has 1 N–H and O–H groups in total. The van der Waals surface area contributed by atoms with Crippen LogP contribution in [0, 0.1) is 0 Å². The van der Waals surface area contributed by atoms with Gasteiger partial charge in [0, 0.05) is 10.4 Å². The molecule has 0 saturated carbocycles. The summed E-state index contributed by atoms with van der Waals surface area (Å²) in [7, 11) is 0. The molecule has 0 aliphatic carbocycles. The summed E-state index contributed by atoms with van der Waals surface area (Å²) in [4.78, 5) is 11.9. The Labute approximate surface area is 116 Å². The summed E-state index contributed by atoms with van der Waals surface area (Å²) in [5, 5.41) is 2.97. The van der Waals surface area contributed by atoms with Gasteiger partial charge < -0.3 is 5.32 Å². The molecular weight excluding hydrogens is 302 g/mol. The van der Waals surface area contributed by atoms with Crippen molar-refractivity contribution in [3.63, 3.8) is 0 Å². The van der Waals surface area contributed by atoms with Gasteiger partial charge in [0.2, 0.25) is 5.91 Å². The summed E-state index contributed by atoms with van der Waals surface area (Å²) < 4.78 is 0.985. The van der Waals surface area contributed by atoms with E-state index in [-0.39, 0.29) is 11.4 Å². The predicted octanol–water partition coefficient (Wildman–Crippen LogP) is 3.52. The first-order chi connectivity index (χ1) is 7.99. The molecule has 0 radical (unpaired) electrons. The van der Waals surface area contributed by atoms with E-state index in [0.29, 0.717) is 12.3 Å². The highest BCUT2D eigenvalue weighted by molar-refractivity contribution is 9.10. The average molecular weight is 319 g/mol.